The third kappa shape index (κ3) is 3.89. The van der Waals surface area contributed by atoms with Crippen LogP contribution in [0.3, 0.4) is 0 Å². The molecule has 0 radical (unpaired) electrons. The van der Waals surface area contributed by atoms with Crippen molar-refractivity contribution in [3.8, 4) is 5.75 Å². The van der Waals surface area contributed by atoms with Crippen molar-refractivity contribution in [2.75, 3.05) is 7.11 Å². The second-order valence-corrected chi connectivity index (χ2v) is 5.37. The van der Waals surface area contributed by atoms with Crippen molar-refractivity contribution in [1.82, 2.24) is 5.32 Å². The van der Waals surface area contributed by atoms with E-state index in [0.29, 0.717) is 5.75 Å². The summed E-state index contributed by atoms with van der Waals surface area (Å²) in [7, 11) is 1.50. The Kier molecular flexibility index (Phi) is 5.61. The lowest BCUT2D eigenvalue weighted by atomic mass is 10.1. The third-order valence-corrected chi connectivity index (χ3v) is 3.52. The van der Waals surface area contributed by atoms with Crippen LogP contribution in [0.15, 0.2) is 24.3 Å². The van der Waals surface area contributed by atoms with Crippen molar-refractivity contribution in [3.05, 3.63) is 64.5 Å². The van der Waals surface area contributed by atoms with Gasteiger partial charge in [0.1, 0.15) is 11.3 Å². The van der Waals surface area contributed by atoms with E-state index in [1.165, 1.54) is 14.0 Å². The number of amides is 1. The number of benzene rings is 2. The molecule has 0 saturated heterocycles. The van der Waals surface area contributed by atoms with E-state index >= 15 is 0 Å². The van der Waals surface area contributed by atoms with Crippen LogP contribution in [-0.2, 0) is 6.42 Å². The molecule has 2 aromatic carbocycles. The Labute approximate surface area is 140 Å². The Bertz CT molecular complexity index is 764. The fourth-order valence-electron chi connectivity index (χ4n) is 2.27. The number of carbonyl (C=O) groups is 1. The van der Waals surface area contributed by atoms with Crippen LogP contribution in [0.4, 0.5) is 22.0 Å². The molecule has 0 heterocycles. The summed E-state index contributed by atoms with van der Waals surface area (Å²) in [5.74, 6) is -11.7. The summed E-state index contributed by atoms with van der Waals surface area (Å²) in [4.78, 5) is 11.9. The van der Waals surface area contributed by atoms with Crippen molar-refractivity contribution in [3.63, 3.8) is 0 Å². The second kappa shape index (κ2) is 7.50. The molecule has 2 aromatic rings. The minimum atomic E-state index is -2.31. The molecule has 0 saturated carbocycles. The molecule has 0 spiro atoms. The van der Waals surface area contributed by atoms with Crippen LogP contribution in [0, 0.1) is 29.1 Å². The first-order valence-electron chi connectivity index (χ1n) is 7.21. The molecule has 0 aliphatic rings. The summed E-state index contributed by atoms with van der Waals surface area (Å²) in [5, 5.41) is 2.22. The first-order valence-corrected chi connectivity index (χ1v) is 7.21. The summed E-state index contributed by atoms with van der Waals surface area (Å²) >= 11 is 0. The van der Waals surface area contributed by atoms with Crippen LogP contribution in [0.25, 0.3) is 0 Å². The fraction of sp³-hybridized carbons (Fsp3) is 0.235. The van der Waals surface area contributed by atoms with E-state index in [-0.39, 0.29) is 6.42 Å². The zero-order chi connectivity index (χ0) is 18.7. The molecular weight excluding hydrogens is 345 g/mol. The van der Waals surface area contributed by atoms with Gasteiger partial charge >= 0.3 is 0 Å². The molecule has 2 rings (SSSR count). The normalized spacial score (nSPS) is 12.0. The predicted octanol–water partition coefficient (Wildman–Crippen LogP) is 3.75. The number of hydrogen-bond acceptors (Lipinski definition) is 2. The molecular formula is C17H14F5NO2. The second-order valence-electron chi connectivity index (χ2n) is 5.37. The highest BCUT2D eigenvalue weighted by molar-refractivity contribution is 5.95. The van der Waals surface area contributed by atoms with Gasteiger partial charge in [0, 0.05) is 6.04 Å². The van der Waals surface area contributed by atoms with Crippen molar-refractivity contribution >= 4 is 5.91 Å². The Hall–Kier alpha value is -2.64. The van der Waals surface area contributed by atoms with E-state index < -0.39 is 46.6 Å². The quantitative estimate of drug-likeness (QED) is 0.502. The van der Waals surface area contributed by atoms with Crippen LogP contribution in [-0.4, -0.2) is 19.1 Å². The maximum Gasteiger partial charge on any atom is 0.257 e. The minimum Gasteiger partial charge on any atom is -0.497 e. The first-order chi connectivity index (χ1) is 11.8. The van der Waals surface area contributed by atoms with Crippen molar-refractivity contribution < 1.29 is 31.5 Å². The van der Waals surface area contributed by atoms with Gasteiger partial charge in [0.15, 0.2) is 23.3 Å². The highest BCUT2D eigenvalue weighted by Gasteiger charge is 2.30. The first kappa shape index (κ1) is 18.7. The molecule has 1 unspecified atom stereocenters. The van der Waals surface area contributed by atoms with E-state index in [2.05, 4.69) is 5.32 Å². The standard InChI is InChI=1S/C17H14F5NO2/c1-8(7-9-3-5-10(25-2)6-4-9)23-17(24)11-12(18)14(20)16(22)15(21)13(11)19/h3-6,8H,7H2,1-2H3,(H,23,24). The topological polar surface area (TPSA) is 38.3 Å². The Balaban J connectivity index is 2.16. The predicted molar refractivity (Wildman–Crippen MR) is 79.9 cm³/mol. The number of carbonyl (C=O) groups excluding carboxylic acids is 1. The maximum atomic E-state index is 13.6. The van der Waals surface area contributed by atoms with Gasteiger partial charge < -0.3 is 10.1 Å². The maximum absolute atomic E-state index is 13.6. The van der Waals surface area contributed by atoms with Gasteiger partial charge in [0.25, 0.3) is 5.91 Å². The molecule has 0 aliphatic carbocycles. The highest BCUT2D eigenvalue weighted by atomic mass is 19.2. The number of rotatable bonds is 5. The minimum absolute atomic E-state index is 0.283. The number of halogens is 5. The summed E-state index contributed by atoms with van der Waals surface area (Å²) in [6.45, 7) is 1.54. The largest absolute Gasteiger partial charge is 0.497 e. The van der Waals surface area contributed by atoms with E-state index in [4.69, 9.17) is 4.74 Å². The molecule has 134 valence electrons. The van der Waals surface area contributed by atoms with Gasteiger partial charge in [-0.3, -0.25) is 4.79 Å². The molecule has 0 aromatic heterocycles. The fourth-order valence-corrected chi connectivity index (χ4v) is 2.27. The number of ether oxygens (including phenoxy) is 1. The Morgan fingerprint density at radius 2 is 1.44 bits per heavy atom. The molecule has 0 bridgehead atoms. The van der Waals surface area contributed by atoms with Crippen molar-refractivity contribution in [1.29, 1.82) is 0 Å². The average molecular weight is 359 g/mol. The lowest BCUT2D eigenvalue weighted by molar-refractivity contribution is 0.0928. The molecule has 0 aliphatic heterocycles. The van der Waals surface area contributed by atoms with E-state index in [0.717, 1.165) is 5.56 Å². The van der Waals surface area contributed by atoms with Crippen LogP contribution < -0.4 is 10.1 Å². The lowest BCUT2D eigenvalue weighted by Gasteiger charge is -2.15. The number of hydrogen-bond donors (Lipinski definition) is 1. The molecule has 1 N–H and O–H groups in total. The smallest absolute Gasteiger partial charge is 0.257 e. The molecule has 1 atom stereocenters. The van der Waals surface area contributed by atoms with Crippen LogP contribution >= 0.6 is 0 Å². The van der Waals surface area contributed by atoms with Gasteiger partial charge in [-0.2, -0.15) is 0 Å². The van der Waals surface area contributed by atoms with Crippen molar-refractivity contribution in [2.45, 2.75) is 19.4 Å². The Morgan fingerprint density at radius 3 is 1.92 bits per heavy atom. The zero-order valence-corrected chi connectivity index (χ0v) is 13.3. The number of nitrogens with one attached hydrogen (secondary N) is 1. The summed E-state index contributed by atoms with van der Waals surface area (Å²) < 4.78 is 71.6. The molecule has 1 amide bonds. The van der Waals surface area contributed by atoms with Crippen molar-refractivity contribution in [2.24, 2.45) is 0 Å². The third-order valence-electron chi connectivity index (χ3n) is 3.52. The van der Waals surface area contributed by atoms with Gasteiger partial charge in [-0.1, -0.05) is 12.1 Å². The van der Waals surface area contributed by atoms with Crippen LogP contribution in [0.2, 0.25) is 0 Å². The summed E-state index contributed by atoms with van der Waals surface area (Å²) in [6.07, 6.45) is 0.283. The highest BCUT2D eigenvalue weighted by Crippen LogP contribution is 2.23. The van der Waals surface area contributed by atoms with Gasteiger partial charge in [-0.15, -0.1) is 0 Å². The van der Waals surface area contributed by atoms with E-state index in [9.17, 15) is 26.7 Å². The molecule has 8 heteroatoms. The summed E-state index contributed by atoms with van der Waals surface area (Å²) in [5.41, 5.74) is -0.719. The van der Waals surface area contributed by atoms with E-state index in [1.54, 1.807) is 24.3 Å². The van der Waals surface area contributed by atoms with Gasteiger partial charge in [-0.25, -0.2) is 22.0 Å². The van der Waals surface area contributed by atoms with Crippen LogP contribution in [0.5, 0.6) is 5.75 Å². The zero-order valence-electron chi connectivity index (χ0n) is 13.3. The monoisotopic (exact) mass is 359 g/mol. The number of methoxy groups -OCH3 is 1. The van der Waals surface area contributed by atoms with E-state index in [1.807, 2.05) is 0 Å². The molecule has 25 heavy (non-hydrogen) atoms. The van der Waals surface area contributed by atoms with Gasteiger partial charge in [0.05, 0.1) is 7.11 Å². The molecule has 0 fully saturated rings. The average Bonchev–Trinajstić information content (AvgIpc) is 2.59. The molecule has 3 nitrogen and oxygen atoms in total. The summed E-state index contributed by atoms with van der Waals surface area (Å²) in [6, 6.07) is 6.21. The lowest BCUT2D eigenvalue weighted by Crippen LogP contribution is -2.35. The van der Waals surface area contributed by atoms with Gasteiger partial charge in [0.2, 0.25) is 5.82 Å². The van der Waals surface area contributed by atoms with Gasteiger partial charge in [-0.05, 0) is 31.0 Å². The SMILES string of the molecule is COc1ccc(CC(C)NC(=O)c2c(F)c(F)c(F)c(F)c2F)cc1. The van der Waals surface area contributed by atoms with Crippen LogP contribution in [0.1, 0.15) is 22.8 Å². The Morgan fingerprint density at radius 1 is 0.960 bits per heavy atom.